The SMILES string of the molecule is C[C@H](NC(=O)OCC1c2ccccc2-c2ccccc21)C(=O)N[C@@H](Cc1cncn1C(c1ccccc1)(c1ccccc1)c1ccccc1)C(=O)C(C#N)S1=CCCC1. The highest BCUT2D eigenvalue weighted by Crippen LogP contribution is 2.45. The maximum atomic E-state index is 14.6. The van der Waals surface area contributed by atoms with Gasteiger partial charge in [-0.15, -0.1) is 0 Å². The van der Waals surface area contributed by atoms with Gasteiger partial charge in [-0.25, -0.2) is 9.78 Å². The van der Waals surface area contributed by atoms with Gasteiger partial charge in [0, 0.05) is 24.2 Å². The molecule has 0 spiro atoms. The zero-order chi connectivity index (χ0) is 40.8. The van der Waals surface area contributed by atoms with E-state index in [9.17, 15) is 19.6 Å². The first-order valence-corrected chi connectivity index (χ1v) is 21.5. The number of aromatic nitrogens is 2. The predicted octanol–water partition coefficient (Wildman–Crippen LogP) is 8.00. The van der Waals surface area contributed by atoms with Gasteiger partial charge in [-0.05, 0) is 64.5 Å². The Bertz CT molecular complexity index is 2390. The molecule has 2 N–H and O–H groups in total. The van der Waals surface area contributed by atoms with Gasteiger partial charge in [-0.3, -0.25) is 9.59 Å². The number of nitrogens with zero attached hydrogens (tertiary/aromatic N) is 3. The molecule has 0 fully saturated rings. The Morgan fingerprint density at radius 3 is 1.88 bits per heavy atom. The molecule has 4 atom stereocenters. The van der Waals surface area contributed by atoms with Crippen molar-refractivity contribution in [3.63, 3.8) is 0 Å². The second-order valence-corrected chi connectivity index (χ2v) is 17.1. The van der Waals surface area contributed by atoms with Crippen LogP contribution in [0.3, 0.4) is 0 Å². The van der Waals surface area contributed by atoms with Crippen LogP contribution in [0.1, 0.15) is 59.2 Å². The van der Waals surface area contributed by atoms with Crippen LogP contribution in [0.5, 0.6) is 0 Å². The van der Waals surface area contributed by atoms with Crippen molar-refractivity contribution >= 4 is 33.6 Å². The molecule has 0 saturated heterocycles. The van der Waals surface area contributed by atoms with E-state index < -0.39 is 45.4 Å². The van der Waals surface area contributed by atoms with E-state index in [1.54, 1.807) is 19.4 Å². The summed E-state index contributed by atoms with van der Waals surface area (Å²) >= 11 is 0. The highest BCUT2D eigenvalue weighted by molar-refractivity contribution is 8.16. The molecule has 1 aliphatic carbocycles. The first-order valence-electron chi connectivity index (χ1n) is 20.0. The number of imidazole rings is 1. The maximum Gasteiger partial charge on any atom is 0.407 e. The lowest BCUT2D eigenvalue weighted by atomic mass is 9.76. The molecule has 1 aromatic heterocycles. The number of carbonyl (C=O) groups is 3. The molecule has 6 aromatic rings. The number of alkyl carbamates (subject to hydrolysis) is 1. The molecule has 0 bridgehead atoms. The highest BCUT2D eigenvalue weighted by Gasteiger charge is 2.41. The minimum atomic E-state index is -1.10. The number of hydrogen-bond acceptors (Lipinski definition) is 6. The predicted molar refractivity (Wildman–Crippen MR) is 232 cm³/mol. The number of Topliss-reactive ketones (excluding diaryl/α,β-unsaturated/α-hetero) is 1. The number of fused-ring (bicyclic) bond motifs is 3. The molecule has 0 radical (unpaired) electrons. The van der Waals surface area contributed by atoms with Crippen molar-refractivity contribution in [3.8, 4) is 17.2 Å². The molecule has 8 rings (SSSR count). The largest absolute Gasteiger partial charge is 0.449 e. The Balaban J connectivity index is 1.08. The van der Waals surface area contributed by atoms with Gasteiger partial charge >= 0.3 is 6.09 Å². The van der Waals surface area contributed by atoms with Crippen LogP contribution in [-0.4, -0.2) is 62.4 Å². The Labute approximate surface area is 347 Å². The molecule has 296 valence electrons. The van der Waals surface area contributed by atoms with E-state index in [0.717, 1.165) is 57.5 Å². The first-order chi connectivity index (χ1) is 28.9. The zero-order valence-corrected chi connectivity index (χ0v) is 33.6. The monoisotopic (exact) mass is 799 g/mol. The van der Waals surface area contributed by atoms with Crippen LogP contribution in [0.2, 0.25) is 0 Å². The van der Waals surface area contributed by atoms with Gasteiger partial charge in [-0.2, -0.15) is 15.7 Å². The Kier molecular flexibility index (Phi) is 11.7. The van der Waals surface area contributed by atoms with Crippen molar-refractivity contribution in [3.05, 3.63) is 186 Å². The van der Waals surface area contributed by atoms with E-state index >= 15 is 0 Å². The minimum Gasteiger partial charge on any atom is -0.449 e. The number of benzene rings is 5. The van der Waals surface area contributed by atoms with Crippen LogP contribution in [0.4, 0.5) is 4.79 Å². The number of hydrogen-bond donors (Lipinski definition) is 2. The van der Waals surface area contributed by atoms with Gasteiger partial charge < -0.3 is 19.9 Å². The fourth-order valence-electron chi connectivity index (χ4n) is 8.59. The van der Waals surface area contributed by atoms with Crippen LogP contribution >= 0.6 is 10.5 Å². The van der Waals surface area contributed by atoms with E-state index in [2.05, 4.69) is 80.2 Å². The van der Waals surface area contributed by atoms with Gasteiger partial charge in [0.2, 0.25) is 5.91 Å². The number of nitriles is 1. The molecule has 10 heteroatoms. The molecular formula is C49H45N5O4S. The molecule has 2 amide bonds. The molecule has 9 nitrogen and oxygen atoms in total. The van der Waals surface area contributed by atoms with Crippen molar-refractivity contribution in [1.29, 1.82) is 5.26 Å². The summed E-state index contributed by atoms with van der Waals surface area (Å²) in [7, 11) is -0.545. The fourth-order valence-corrected chi connectivity index (χ4v) is 10.7. The summed E-state index contributed by atoms with van der Waals surface area (Å²) in [5, 5.41) is 17.2. The molecule has 59 heavy (non-hydrogen) atoms. The summed E-state index contributed by atoms with van der Waals surface area (Å²) in [6.45, 7) is 1.65. The lowest BCUT2D eigenvalue weighted by molar-refractivity contribution is -0.128. The van der Waals surface area contributed by atoms with E-state index in [4.69, 9.17) is 4.74 Å². The normalized spacial score (nSPS) is 16.0. The summed E-state index contributed by atoms with van der Waals surface area (Å²) in [6, 6.07) is 46.7. The Morgan fingerprint density at radius 1 is 0.814 bits per heavy atom. The highest BCUT2D eigenvalue weighted by atomic mass is 32.2. The summed E-state index contributed by atoms with van der Waals surface area (Å²) in [5.41, 5.74) is 7.06. The molecule has 1 aliphatic heterocycles. The molecule has 0 saturated carbocycles. The van der Waals surface area contributed by atoms with Crippen molar-refractivity contribution in [2.75, 3.05) is 12.4 Å². The third-order valence-electron chi connectivity index (χ3n) is 11.4. The van der Waals surface area contributed by atoms with E-state index in [1.165, 1.54) is 0 Å². The zero-order valence-electron chi connectivity index (χ0n) is 32.7. The maximum absolute atomic E-state index is 14.6. The van der Waals surface area contributed by atoms with Crippen LogP contribution in [0, 0.1) is 11.3 Å². The number of amides is 2. The molecule has 2 heterocycles. The van der Waals surface area contributed by atoms with Crippen LogP contribution in [0.15, 0.2) is 152 Å². The van der Waals surface area contributed by atoms with E-state index in [-0.39, 0.29) is 24.7 Å². The van der Waals surface area contributed by atoms with E-state index in [1.807, 2.05) is 91.0 Å². The van der Waals surface area contributed by atoms with E-state index in [0.29, 0.717) is 5.69 Å². The standard InChI is InChI=1S/C49H45N5O4S/c1-34(52-48(57)58-32-43-41-25-13-11-23-39(41)40-24-12-14-26-42(40)43)47(56)53-44(46(55)45(30-50)59-27-15-16-28-59)29-38-31-51-33-54(38)49(35-17-5-2-6-18-35,36-19-7-3-8-20-36)37-21-9-4-10-22-37/h2-14,17-27,31,33-34,43-45H,15-16,28-29,32H2,1H3,(H,52,57)(H,53,56)/t34-,44-,45?,59?/m0/s1. The summed E-state index contributed by atoms with van der Waals surface area (Å²) in [4.78, 5) is 46.6. The quantitative estimate of drug-likeness (QED) is 0.0850. The number of ketones is 1. The van der Waals surface area contributed by atoms with Gasteiger partial charge in [0.05, 0.1) is 18.4 Å². The number of ether oxygens (including phenoxy) is 1. The van der Waals surface area contributed by atoms with Gasteiger partial charge in [0.25, 0.3) is 0 Å². The van der Waals surface area contributed by atoms with Crippen molar-refractivity contribution in [1.82, 2.24) is 20.2 Å². The third kappa shape index (κ3) is 7.74. The Morgan fingerprint density at radius 2 is 1.36 bits per heavy atom. The summed E-state index contributed by atoms with van der Waals surface area (Å²) in [6.07, 6.45) is 4.54. The second-order valence-electron chi connectivity index (χ2n) is 14.9. The summed E-state index contributed by atoms with van der Waals surface area (Å²) < 4.78 is 7.82. The molecule has 2 unspecified atom stereocenters. The average Bonchev–Trinajstić information content (AvgIpc) is 4.05. The molecule has 5 aromatic carbocycles. The van der Waals surface area contributed by atoms with Gasteiger partial charge in [0.1, 0.15) is 23.4 Å². The Hall–Kier alpha value is -6.57. The smallest absolute Gasteiger partial charge is 0.407 e. The average molecular weight is 800 g/mol. The van der Waals surface area contributed by atoms with Crippen molar-refractivity contribution < 1.29 is 19.1 Å². The van der Waals surface area contributed by atoms with Gasteiger partial charge in [0.15, 0.2) is 5.78 Å². The minimum absolute atomic E-state index is 0.0475. The van der Waals surface area contributed by atoms with Crippen molar-refractivity contribution in [2.24, 2.45) is 0 Å². The second kappa shape index (κ2) is 17.5. The van der Waals surface area contributed by atoms with Crippen LogP contribution in [-0.2, 0) is 26.3 Å². The van der Waals surface area contributed by atoms with Gasteiger partial charge in [-0.1, -0.05) is 145 Å². The number of rotatable bonds is 14. The fraction of sp³-hybridized carbons (Fsp3) is 0.224. The number of carbonyl (C=O) groups excluding carboxylic acids is 3. The topological polar surface area (TPSA) is 126 Å². The molecular weight excluding hydrogens is 755 g/mol. The van der Waals surface area contributed by atoms with Crippen LogP contribution in [0.25, 0.3) is 11.1 Å². The van der Waals surface area contributed by atoms with Crippen molar-refractivity contribution in [2.45, 2.75) is 55.0 Å². The molecule has 2 aliphatic rings. The lowest BCUT2D eigenvalue weighted by Gasteiger charge is -2.39. The van der Waals surface area contributed by atoms with Crippen LogP contribution < -0.4 is 10.6 Å². The number of nitrogens with one attached hydrogen (secondary N) is 2. The third-order valence-corrected chi connectivity index (χ3v) is 13.8. The summed E-state index contributed by atoms with van der Waals surface area (Å²) in [5.74, 6) is -0.330. The lowest BCUT2D eigenvalue weighted by Crippen LogP contribution is -2.53. The first kappa shape index (κ1) is 39.3.